The second kappa shape index (κ2) is 6.08. The molecule has 0 saturated heterocycles. The lowest BCUT2D eigenvalue weighted by molar-refractivity contribution is 0.230. The van der Waals surface area contributed by atoms with Gasteiger partial charge < -0.3 is 15.5 Å². The lowest BCUT2D eigenvalue weighted by Gasteiger charge is -2.19. The summed E-state index contributed by atoms with van der Waals surface area (Å²) in [7, 11) is 6.58. The van der Waals surface area contributed by atoms with Crippen LogP contribution in [0.25, 0.3) is 0 Å². The van der Waals surface area contributed by atoms with Crippen molar-refractivity contribution in [2.45, 2.75) is 6.92 Å². The topological polar surface area (TPSA) is 64.7 Å². The molecule has 6 nitrogen and oxygen atoms in total. The van der Waals surface area contributed by atoms with Crippen LogP contribution < -0.4 is 15.5 Å². The van der Waals surface area contributed by atoms with E-state index in [0.717, 1.165) is 5.56 Å². The number of rotatable bonds is 2. The molecule has 0 radical (unpaired) electrons. The fourth-order valence-corrected chi connectivity index (χ4v) is 1.47. The number of carbonyl (C=O) groups is 2. The van der Waals surface area contributed by atoms with Crippen molar-refractivity contribution in [2.24, 2.45) is 0 Å². The number of nitrogens with one attached hydrogen (secondary N) is 2. The van der Waals surface area contributed by atoms with Gasteiger partial charge in [0.25, 0.3) is 0 Å². The molecule has 0 aliphatic rings. The van der Waals surface area contributed by atoms with Crippen LogP contribution in [-0.2, 0) is 0 Å². The molecule has 0 spiro atoms. The molecule has 0 saturated carbocycles. The van der Waals surface area contributed by atoms with Gasteiger partial charge in [-0.15, -0.1) is 0 Å². The molecule has 0 aliphatic heterocycles. The van der Waals surface area contributed by atoms with Crippen molar-refractivity contribution >= 4 is 23.4 Å². The van der Waals surface area contributed by atoms with Gasteiger partial charge in [-0.05, 0) is 24.6 Å². The van der Waals surface area contributed by atoms with E-state index >= 15 is 0 Å². The van der Waals surface area contributed by atoms with Crippen molar-refractivity contribution in [2.75, 3.05) is 38.4 Å². The summed E-state index contributed by atoms with van der Waals surface area (Å²) in [6, 6.07) is 5.04. The summed E-state index contributed by atoms with van der Waals surface area (Å²) in [5, 5.41) is 5.34. The van der Waals surface area contributed by atoms with E-state index in [1.54, 1.807) is 34.3 Å². The maximum absolute atomic E-state index is 11.7. The third-order valence-electron chi connectivity index (χ3n) is 2.77. The Morgan fingerprint density at radius 1 is 1.11 bits per heavy atom. The van der Waals surface area contributed by atoms with Crippen LogP contribution in [0.2, 0.25) is 0 Å². The number of hydrogen-bond acceptors (Lipinski definition) is 2. The molecule has 0 aliphatic carbocycles. The summed E-state index contributed by atoms with van der Waals surface area (Å²) in [6.45, 7) is 1.90. The van der Waals surface area contributed by atoms with Crippen molar-refractivity contribution in [3.63, 3.8) is 0 Å². The van der Waals surface area contributed by atoms with E-state index < -0.39 is 0 Å². The van der Waals surface area contributed by atoms with Crippen LogP contribution in [0.3, 0.4) is 0 Å². The summed E-state index contributed by atoms with van der Waals surface area (Å²) >= 11 is 0. The highest BCUT2D eigenvalue weighted by Gasteiger charge is 2.12. The van der Waals surface area contributed by atoms with Gasteiger partial charge in [0.15, 0.2) is 0 Å². The SMILES string of the molecule is CNC(=O)N(C)c1ccc(C)c(NC(=O)N(C)C)c1. The number of anilines is 2. The Kier molecular flexibility index (Phi) is 4.74. The van der Waals surface area contributed by atoms with Gasteiger partial charge in [0.2, 0.25) is 0 Å². The first kappa shape index (κ1) is 14.8. The number of aryl methyl sites for hydroxylation is 1. The first-order valence-corrected chi connectivity index (χ1v) is 5.91. The molecule has 104 valence electrons. The standard InChI is InChI=1S/C13H20N4O2/c1-9-6-7-10(17(5)12(18)14-2)8-11(9)15-13(19)16(3)4/h6-8H,1-5H3,(H,14,18)(H,15,19). The van der Waals surface area contributed by atoms with Crippen molar-refractivity contribution < 1.29 is 9.59 Å². The van der Waals surface area contributed by atoms with E-state index in [2.05, 4.69) is 10.6 Å². The number of amides is 4. The van der Waals surface area contributed by atoms with Gasteiger partial charge in [-0.3, -0.25) is 4.90 Å². The Morgan fingerprint density at radius 2 is 1.74 bits per heavy atom. The Morgan fingerprint density at radius 3 is 2.26 bits per heavy atom. The fourth-order valence-electron chi connectivity index (χ4n) is 1.47. The zero-order valence-corrected chi connectivity index (χ0v) is 11.9. The summed E-state index contributed by atoms with van der Waals surface area (Å²) in [5.41, 5.74) is 2.33. The number of carbonyl (C=O) groups excluding carboxylic acids is 2. The minimum Gasteiger partial charge on any atom is -0.341 e. The van der Waals surface area contributed by atoms with Crippen molar-refractivity contribution in [1.82, 2.24) is 10.2 Å². The van der Waals surface area contributed by atoms with Crippen LogP contribution in [0.5, 0.6) is 0 Å². The van der Waals surface area contributed by atoms with E-state index in [9.17, 15) is 9.59 Å². The van der Waals surface area contributed by atoms with Crippen LogP contribution in [0.4, 0.5) is 21.0 Å². The van der Waals surface area contributed by atoms with Gasteiger partial charge in [-0.2, -0.15) is 0 Å². The van der Waals surface area contributed by atoms with E-state index in [1.165, 1.54) is 9.80 Å². The summed E-state index contributed by atoms with van der Waals surface area (Å²) in [5.74, 6) is 0. The van der Waals surface area contributed by atoms with Crippen LogP contribution in [-0.4, -0.2) is 45.2 Å². The molecule has 0 atom stereocenters. The van der Waals surface area contributed by atoms with Gasteiger partial charge in [0, 0.05) is 39.6 Å². The number of urea groups is 2. The maximum Gasteiger partial charge on any atom is 0.321 e. The smallest absolute Gasteiger partial charge is 0.321 e. The number of nitrogens with zero attached hydrogens (tertiary/aromatic N) is 2. The highest BCUT2D eigenvalue weighted by atomic mass is 16.2. The van der Waals surface area contributed by atoms with E-state index in [-0.39, 0.29) is 12.1 Å². The zero-order chi connectivity index (χ0) is 14.6. The first-order chi connectivity index (χ1) is 8.86. The molecule has 0 unspecified atom stereocenters. The summed E-state index contributed by atoms with van der Waals surface area (Å²) < 4.78 is 0. The maximum atomic E-state index is 11.7. The Hall–Kier alpha value is -2.24. The van der Waals surface area contributed by atoms with Crippen LogP contribution in [0.15, 0.2) is 18.2 Å². The van der Waals surface area contributed by atoms with Crippen LogP contribution >= 0.6 is 0 Å². The van der Waals surface area contributed by atoms with Crippen LogP contribution in [0.1, 0.15) is 5.56 Å². The first-order valence-electron chi connectivity index (χ1n) is 5.91. The predicted molar refractivity (Wildman–Crippen MR) is 76.7 cm³/mol. The lowest BCUT2D eigenvalue weighted by atomic mass is 10.1. The highest BCUT2D eigenvalue weighted by Crippen LogP contribution is 2.22. The van der Waals surface area contributed by atoms with Crippen molar-refractivity contribution in [3.05, 3.63) is 23.8 Å². The van der Waals surface area contributed by atoms with Gasteiger partial charge in [-0.1, -0.05) is 6.07 Å². The Balaban J connectivity index is 3.00. The number of benzene rings is 1. The molecule has 4 amide bonds. The average Bonchev–Trinajstić information content (AvgIpc) is 2.39. The fraction of sp³-hybridized carbons (Fsp3) is 0.385. The molecule has 2 N–H and O–H groups in total. The van der Waals surface area contributed by atoms with Crippen molar-refractivity contribution in [1.29, 1.82) is 0 Å². The van der Waals surface area contributed by atoms with Crippen LogP contribution in [0, 0.1) is 6.92 Å². The molecule has 6 heteroatoms. The molecule has 1 rings (SSSR count). The lowest BCUT2D eigenvalue weighted by Crippen LogP contribution is -2.35. The quantitative estimate of drug-likeness (QED) is 0.856. The summed E-state index contributed by atoms with van der Waals surface area (Å²) in [4.78, 5) is 26.1. The largest absolute Gasteiger partial charge is 0.341 e. The monoisotopic (exact) mass is 264 g/mol. The molecule has 0 aromatic heterocycles. The molecule has 1 aromatic carbocycles. The molecule has 19 heavy (non-hydrogen) atoms. The molecular weight excluding hydrogens is 244 g/mol. The minimum atomic E-state index is -0.214. The molecule has 0 fully saturated rings. The Labute approximate surface area is 113 Å². The van der Waals surface area contributed by atoms with E-state index in [4.69, 9.17) is 0 Å². The van der Waals surface area contributed by atoms with Gasteiger partial charge >= 0.3 is 12.1 Å². The highest BCUT2D eigenvalue weighted by molar-refractivity contribution is 5.94. The zero-order valence-electron chi connectivity index (χ0n) is 11.9. The molecule has 1 aromatic rings. The molecule has 0 heterocycles. The second-order valence-electron chi connectivity index (χ2n) is 4.44. The second-order valence-corrected chi connectivity index (χ2v) is 4.44. The third kappa shape index (κ3) is 3.61. The van der Waals surface area contributed by atoms with E-state index in [0.29, 0.717) is 11.4 Å². The normalized spacial score (nSPS) is 9.74. The van der Waals surface area contributed by atoms with E-state index in [1.807, 2.05) is 19.1 Å². The minimum absolute atomic E-state index is 0.206. The van der Waals surface area contributed by atoms with Gasteiger partial charge in [-0.25, -0.2) is 9.59 Å². The average molecular weight is 264 g/mol. The Bertz CT molecular complexity index is 486. The van der Waals surface area contributed by atoms with Gasteiger partial charge in [0.1, 0.15) is 0 Å². The summed E-state index contributed by atoms with van der Waals surface area (Å²) in [6.07, 6.45) is 0. The van der Waals surface area contributed by atoms with Gasteiger partial charge in [0.05, 0.1) is 0 Å². The van der Waals surface area contributed by atoms with Crippen molar-refractivity contribution in [3.8, 4) is 0 Å². The predicted octanol–water partition coefficient (Wildman–Crippen LogP) is 1.86. The third-order valence-corrected chi connectivity index (χ3v) is 2.77. The number of hydrogen-bond donors (Lipinski definition) is 2. The molecular formula is C13H20N4O2. The molecule has 0 bridgehead atoms.